The summed E-state index contributed by atoms with van der Waals surface area (Å²) in [5.41, 5.74) is -0.849. The van der Waals surface area contributed by atoms with Crippen molar-refractivity contribution in [2.75, 3.05) is 12.1 Å². The van der Waals surface area contributed by atoms with Crippen molar-refractivity contribution >= 4 is 11.7 Å². The van der Waals surface area contributed by atoms with Gasteiger partial charge in [-0.05, 0) is 25.0 Å². The van der Waals surface area contributed by atoms with Gasteiger partial charge in [0.05, 0.1) is 18.0 Å². The molecule has 1 heterocycles. The molecule has 1 aromatic heterocycles. The van der Waals surface area contributed by atoms with Gasteiger partial charge < -0.3 is 5.32 Å². The molecular formula is C13H16F3N3O2. The Hall–Kier alpha value is -1.83. The van der Waals surface area contributed by atoms with E-state index < -0.39 is 17.9 Å². The molecular weight excluding hydrogens is 287 g/mol. The summed E-state index contributed by atoms with van der Waals surface area (Å²) in [4.78, 5) is 20.7. The summed E-state index contributed by atoms with van der Waals surface area (Å²) in [6.07, 6.45) is 0.0259. The van der Waals surface area contributed by atoms with Gasteiger partial charge in [-0.25, -0.2) is 9.78 Å². The number of carbonyl (C=O) groups is 1. The number of hydrogen-bond donors (Lipinski definition) is 1. The predicted molar refractivity (Wildman–Crippen MR) is 69.5 cm³/mol. The zero-order valence-corrected chi connectivity index (χ0v) is 11.5. The number of alkyl halides is 3. The molecule has 1 aliphatic carbocycles. The molecule has 0 unspecified atom stereocenters. The molecule has 0 radical (unpaired) electrons. The fourth-order valence-corrected chi connectivity index (χ4v) is 2.14. The van der Waals surface area contributed by atoms with Crippen LogP contribution >= 0.6 is 0 Å². The molecule has 8 heteroatoms. The van der Waals surface area contributed by atoms with Gasteiger partial charge in [-0.15, -0.1) is 0 Å². The number of amides is 2. The lowest BCUT2D eigenvalue weighted by molar-refractivity contribution is -0.141. The van der Waals surface area contributed by atoms with Gasteiger partial charge in [0.15, 0.2) is 0 Å². The fourth-order valence-electron chi connectivity index (χ4n) is 2.14. The largest absolute Gasteiger partial charge is 0.433 e. The number of aromatic nitrogens is 1. The van der Waals surface area contributed by atoms with E-state index >= 15 is 0 Å². The lowest BCUT2D eigenvalue weighted by atomic mass is 10.3. The Morgan fingerprint density at radius 2 is 2.05 bits per heavy atom. The summed E-state index contributed by atoms with van der Waals surface area (Å²) in [6.45, 7) is 0. The van der Waals surface area contributed by atoms with Crippen LogP contribution in [0.1, 0.15) is 31.4 Å². The molecule has 0 aliphatic heterocycles. The molecule has 1 aromatic rings. The third-order valence-electron chi connectivity index (χ3n) is 3.23. The number of pyridine rings is 1. The molecule has 1 saturated carbocycles. The summed E-state index contributed by atoms with van der Waals surface area (Å²) >= 11 is 0. The van der Waals surface area contributed by atoms with E-state index in [1.165, 1.54) is 13.1 Å². The smallest absolute Gasteiger partial charge is 0.339 e. The van der Waals surface area contributed by atoms with E-state index in [9.17, 15) is 18.0 Å². The van der Waals surface area contributed by atoms with Gasteiger partial charge >= 0.3 is 12.2 Å². The number of hydroxylamine groups is 1. The van der Waals surface area contributed by atoms with E-state index in [0.29, 0.717) is 0 Å². The Kier molecular flexibility index (Phi) is 4.66. The van der Waals surface area contributed by atoms with E-state index in [2.05, 4.69) is 10.3 Å². The van der Waals surface area contributed by atoms with Crippen molar-refractivity contribution in [2.24, 2.45) is 0 Å². The van der Waals surface area contributed by atoms with Crippen LogP contribution in [0.2, 0.25) is 0 Å². The molecule has 1 aliphatic rings. The van der Waals surface area contributed by atoms with Crippen LogP contribution in [-0.2, 0) is 11.0 Å². The Morgan fingerprint density at radius 3 is 2.52 bits per heavy atom. The van der Waals surface area contributed by atoms with Gasteiger partial charge in [0.1, 0.15) is 5.69 Å². The highest BCUT2D eigenvalue weighted by Gasteiger charge is 2.33. The van der Waals surface area contributed by atoms with E-state index in [4.69, 9.17) is 4.84 Å². The van der Waals surface area contributed by atoms with Crippen LogP contribution in [0.4, 0.5) is 23.7 Å². The second kappa shape index (κ2) is 6.30. The maximum Gasteiger partial charge on any atom is 0.433 e. The zero-order chi connectivity index (χ0) is 15.5. The number of nitrogens with zero attached hydrogens (tertiary/aromatic N) is 2. The molecule has 0 bridgehead atoms. The van der Waals surface area contributed by atoms with Gasteiger partial charge in [0.25, 0.3) is 0 Å². The van der Waals surface area contributed by atoms with Crippen molar-refractivity contribution in [3.8, 4) is 0 Å². The number of halogens is 3. The lowest BCUT2D eigenvalue weighted by Gasteiger charge is -2.24. The molecule has 5 nitrogen and oxygen atoms in total. The summed E-state index contributed by atoms with van der Waals surface area (Å²) in [5.74, 6) is 0. The first-order valence-electron chi connectivity index (χ1n) is 6.63. The highest BCUT2D eigenvalue weighted by molar-refractivity contribution is 5.89. The number of nitrogens with one attached hydrogen (secondary N) is 1. The molecule has 21 heavy (non-hydrogen) atoms. The summed E-state index contributed by atoms with van der Waals surface area (Å²) < 4.78 is 37.5. The highest BCUT2D eigenvalue weighted by Crippen LogP contribution is 2.29. The van der Waals surface area contributed by atoms with Gasteiger partial charge in [-0.3, -0.25) is 4.84 Å². The Bertz CT molecular complexity index is 484. The van der Waals surface area contributed by atoms with Crippen LogP contribution in [0.3, 0.4) is 0 Å². The highest BCUT2D eigenvalue weighted by atomic mass is 19.4. The summed E-state index contributed by atoms with van der Waals surface area (Å²) in [7, 11) is 1.42. The fraction of sp³-hybridized carbons (Fsp3) is 0.538. The topological polar surface area (TPSA) is 54.5 Å². The molecule has 1 fully saturated rings. The standard InChI is InChI=1S/C13H16F3N3O2/c1-17-12(20)19(21-10-4-2-3-5-10)9-6-7-11(18-8-9)13(14,15)16/h6-8,10H,2-5H2,1H3,(H,17,20). The SMILES string of the molecule is CNC(=O)N(OC1CCCC1)c1ccc(C(F)(F)F)nc1. The third-order valence-corrected chi connectivity index (χ3v) is 3.23. The maximum atomic E-state index is 12.5. The maximum absolute atomic E-state index is 12.5. The predicted octanol–water partition coefficient (Wildman–Crippen LogP) is 3.12. The Labute approximate surface area is 120 Å². The normalized spacial score (nSPS) is 16.0. The van der Waals surface area contributed by atoms with Crippen LogP contribution in [0.5, 0.6) is 0 Å². The van der Waals surface area contributed by atoms with Crippen LogP contribution in [-0.4, -0.2) is 24.2 Å². The van der Waals surface area contributed by atoms with E-state index in [1.54, 1.807) is 0 Å². The number of rotatable bonds is 3. The van der Waals surface area contributed by atoms with Crippen LogP contribution in [0.15, 0.2) is 18.3 Å². The second-order valence-corrected chi connectivity index (χ2v) is 4.76. The molecule has 0 spiro atoms. The number of urea groups is 1. The average molecular weight is 303 g/mol. The Balaban J connectivity index is 2.17. The third kappa shape index (κ3) is 3.84. The van der Waals surface area contributed by atoms with Crippen LogP contribution in [0, 0.1) is 0 Å². The van der Waals surface area contributed by atoms with Crippen molar-refractivity contribution in [1.82, 2.24) is 10.3 Å². The number of hydrogen-bond acceptors (Lipinski definition) is 3. The first-order chi connectivity index (χ1) is 9.91. The van der Waals surface area contributed by atoms with Gasteiger partial charge in [-0.2, -0.15) is 18.2 Å². The molecule has 2 rings (SSSR count). The van der Waals surface area contributed by atoms with E-state index in [-0.39, 0.29) is 11.8 Å². The van der Waals surface area contributed by atoms with Gasteiger partial charge in [0, 0.05) is 7.05 Å². The molecule has 2 amide bonds. The minimum atomic E-state index is -4.51. The van der Waals surface area contributed by atoms with Gasteiger partial charge in [0.2, 0.25) is 0 Å². The summed E-state index contributed by atoms with van der Waals surface area (Å²) in [5, 5.41) is 3.36. The average Bonchev–Trinajstić information content (AvgIpc) is 2.96. The molecule has 0 aromatic carbocycles. The first kappa shape index (κ1) is 15.6. The first-order valence-corrected chi connectivity index (χ1v) is 6.63. The van der Waals surface area contributed by atoms with Crippen LogP contribution < -0.4 is 10.4 Å². The van der Waals surface area contributed by atoms with Crippen molar-refractivity contribution < 1.29 is 22.8 Å². The molecule has 0 atom stereocenters. The van der Waals surface area contributed by atoms with Crippen molar-refractivity contribution in [1.29, 1.82) is 0 Å². The van der Waals surface area contributed by atoms with Crippen molar-refractivity contribution in [3.63, 3.8) is 0 Å². The van der Waals surface area contributed by atoms with Crippen molar-refractivity contribution in [3.05, 3.63) is 24.0 Å². The summed E-state index contributed by atoms with van der Waals surface area (Å²) in [6, 6.07) is 1.44. The molecule has 116 valence electrons. The minimum absolute atomic E-state index is 0.107. The van der Waals surface area contributed by atoms with Crippen molar-refractivity contribution in [2.45, 2.75) is 38.0 Å². The zero-order valence-electron chi connectivity index (χ0n) is 11.5. The van der Waals surface area contributed by atoms with E-state index in [1.807, 2.05) is 0 Å². The van der Waals surface area contributed by atoms with Crippen LogP contribution in [0.25, 0.3) is 0 Å². The molecule has 1 N–H and O–H groups in total. The van der Waals surface area contributed by atoms with Gasteiger partial charge in [-0.1, -0.05) is 12.8 Å². The minimum Gasteiger partial charge on any atom is -0.339 e. The monoisotopic (exact) mass is 303 g/mol. The van der Waals surface area contributed by atoms with E-state index in [0.717, 1.165) is 43.0 Å². The Morgan fingerprint density at radius 1 is 1.38 bits per heavy atom. The quantitative estimate of drug-likeness (QED) is 0.873. The number of carbonyl (C=O) groups excluding carboxylic acids is 1. The molecule has 0 saturated heterocycles. The number of anilines is 1. The second-order valence-electron chi connectivity index (χ2n) is 4.76. The lowest BCUT2D eigenvalue weighted by Crippen LogP contribution is -2.40.